The van der Waals surface area contributed by atoms with Crippen molar-refractivity contribution in [2.45, 2.75) is 18.9 Å². The van der Waals surface area contributed by atoms with Gasteiger partial charge >= 0.3 is 5.97 Å². The number of aromatic carboxylic acids is 1. The highest BCUT2D eigenvalue weighted by atomic mass is 16.4. The Hall–Kier alpha value is -3.22. The van der Waals surface area contributed by atoms with E-state index in [1.165, 1.54) is 28.2 Å². The second-order valence-corrected chi connectivity index (χ2v) is 5.76. The fourth-order valence-electron chi connectivity index (χ4n) is 2.93. The summed E-state index contributed by atoms with van der Waals surface area (Å²) in [4.78, 5) is 19.5. The number of hydrogen-bond donors (Lipinski definition) is 2. The number of anilines is 1. The Morgan fingerprint density at radius 1 is 1.12 bits per heavy atom. The first-order chi connectivity index (χ1) is 11.7. The fourth-order valence-corrected chi connectivity index (χ4v) is 2.93. The summed E-state index contributed by atoms with van der Waals surface area (Å²) in [5.74, 6) is -0.455. The molecule has 0 unspecified atom stereocenters. The number of carboxylic acid groups (broad SMARTS) is 1. The van der Waals surface area contributed by atoms with E-state index < -0.39 is 5.97 Å². The van der Waals surface area contributed by atoms with E-state index >= 15 is 0 Å². The Morgan fingerprint density at radius 2 is 1.79 bits per heavy atom. The van der Waals surface area contributed by atoms with Crippen molar-refractivity contribution in [2.24, 2.45) is 0 Å². The zero-order valence-electron chi connectivity index (χ0n) is 12.8. The lowest BCUT2D eigenvalue weighted by Gasteiger charge is -2.11. The molecule has 0 radical (unpaired) electrons. The molecule has 1 aliphatic carbocycles. The lowest BCUT2D eigenvalue weighted by atomic mass is 10.1. The van der Waals surface area contributed by atoms with Gasteiger partial charge in [-0.05, 0) is 24.0 Å². The van der Waals surface area contributed by atoms with Crippen LogP contribution in [0.25, 0.3) is 5.69 Å². The Labute approximate surface area is 138 Å². The van der Waals surface area contributed by atoms with E-state index in [0.29, 0.717) is 11.6 Å². The van der Waals surface area contributed by atoms with Gasteiger partial charge in [0.15, 0.2) is 0 Å². The van der Waals surface area contributed by atoms with Gasteiger partial charge in [-0.3, -0.25) is 0 Å². The molecule has 4 rings (SSSR count). The molecule has 0 aliphatic heterocycles. The molecule has 7 nitrogen and oxygen atoms in total. The van der Waals surface area contributed by atoms with Gasteiger partial charge in [-0.25, -0.2) is 19.4 Å². The van der Waals surface area contributed by atoms with Gasteiger partial charge < -0.3 is 10.4 Å². The summed E-state index contributed by atoms with van der Waals surface area (Å²) in [6.45, 7) is 0. The van der Waals surface area contributed by atoms with Crippen LogP contribution in [-0.2, 0) is 12.8 Å². The third-order valence-electron chi connectivity index (χ3n) is 4.12. The van der Waals surface area contributed by atoms with Crippen LogP contribution in [0.2, 0.25) is 0 Å². The molecule has 0 spiro atoms. The highest BCUT2D eigenvalue weighted by Crippen LogP contribution is 2.23. The normalized spacial score (nSPS) is 13.7. The van der Waals surface area contributed by atoms with E-state index in [1.54, 1.807) is 12.4 Å². The molecule has 0 amide bonds. The SMILES string of the molecule is O=C(O)c1cnn(-c2cnc(NC3Cc4ccccc4C3)nc2)c1. The molecular formula is C17H15N5O2. The highest BCUT2D eigenvalue weighted by molar-refractivity contribution is 5.86. The van der Waals surface area contributed by atoms with Gasteiger partial charge in [0, 0.05) is 12.2 Å². The molecule has 0 atom stereocenters. The minimum absolute atomic E-state index is 0.126. The Kier molecular flexibility index (Phi) is 3.45. The first-order valence-corrected chi connectivity index (χ1v) is 7.63. The third-order valence-corrected chi connectivity index (χ3v) is 4.12. The first kappa shape index (κ1) is 14.4. The van der Waals surface area contributed by atoms with Gasteiger partial charge in [-0.1, -0.05) is 24.3 Å². The van der Waals surface area contributed by atoms with Crippen LogP contribution in [0.3, 0.4) is 0 Å². The number of aromatic nitrogens is 4. The molecule has 1 aliphatic rings. The van der Waals surface area contributed by atoms with E-state index in [0.717, 1.165) is 12.8 Å². The Morgan fingerprint density at radius 3 is 2.38 bits per heavy atom. The molecule has 1 aromatic carbocycles. The zero-order chi connectivity index (χ0) is 16.5. The predicted molar refractivity (Wildman–Crippen MR) is 87.4 cm³/mol. The number of nitrogens with one attached hydrogen (secondary N) is 1. The number of rotatable bonds is 4. The quantitative estimate of drug-likeness (QED) is 0.763. The summed E-state index contributed by atoms with van der Waals surface area (Å²) in [6.07, 6.45) is 7.89. The topological polar surface area (TPSA) is 92.9 Å². The molecule has 2 heterocycles. The highest BCUT2D eigenvalue weighted by Gasteiger charge is 2.21. The molecule has 2 N–H and O–H groups in total. The van der Waals surface area contributed by atoms with Gasteiger partial charge in [0.1, 0.15) is 5.69 Å². The minimum Gasteiger partial charge on any atom is -0.478 e. The maximum absolute atomic E-state index is 10.9. The van der Waals surface area contributed by atoms with Crippen LogP contribution in [-0.4, -0.2) is 36.9 Å². The molecule has 0 bridgehead atoms. The number of fused-ring (bicyclic) bond motifs is 1. The summed E-state index contributed by atoms with van der Waals surface area (Å²) in [5.41, 5.74) is 3.47. The van der Waals surface area contributed by atoms with Crippen LogP contribution in [0.4, 0.5) is 5.95 Å². The third kappa shape index (κ3) is 2.71. The van der Waals surface area contributed by atoms with Crippen LogP contribution >= 0.6 is 0 Å². The summed E-state index contributed by atoms with van der Waals surface area (Å²) in [6, 6.07) is 8.71. The van der Waals surface area contributed by atoms with Crippen molar-refractivity contribution in [1.29, 1.82) is 0 Å². The van der Waals surface area contributed by atoms with Crippen molar-refractivity contribution in [3.63, 3.8) is 0 Å². The zero-order valence-corrected chi connectivity index (χ0v) is 12.8. The number of carboxylic acids is 1. The van der Waals surface area contributed by atoms with E-state index in [1.807, 2.05) is 0 Å². The Bertz CT molecular complexity index is 863. The van der Waals surface area contributed by atoms with Crippen molar-refractivity contribution in [3.8, 4) is 5.69 Å². The molecule has 120 valence electrons. The standard InChI is InChI=1S/C17H15N5O2/c23-16(24)13-7-20-22(10-13)15-8-18-17(19-9-15)21-14-5-11-3-1-2-4-12(11)6-14/h1-4,7-10,14H,5-6H2,(H,23,24)(H,18,19,21). The van der Waals surface area contributed by atoms with E-state index in [4.69, 9.17) is 5.11 Å². The van der Waals surface area contributed by atoms with Crippen molar-refractivity contribution in [3.05, 3.63) is 65.7 Å². The van der Waals surface area contributed by atoms with Crippen molar-refractivity contribution in [2.75, 3.05) is 5.32 Å². The van der Waals surface area contributed by atoms with E-state index in [9.17, 15) is 4.79 Å². The lowest BCUT2D eigenvalue weighted by molar-refractivity contribution is 0.0697. The van der Waals surface area contributed by atoms with Crippen LogP contribution in [0.5, 0.6) is 0 Å². The van der Waals surface area contributed by atoms with Gasteiger partial charge in [0.2, 0.25) is 5.95 Å². The molecule has 3 aromatic rings. The van der Waals surface area contributed by atoms with Crippen LogP contribution in [0.1, 0.15) is 21.5 Å². The van der Waals surface area contributed by atoms with Gasteiger partial charge in [0.05, 0.1) is 24.2 Å². The molecule has 0 fully saturated rings. The second kappa shape index (κ2) is 5.77. The average Bonchev–Trinajstić information content (AvgIpc) is 3.22. The van der Waals surface area contributed by atoms with Crippen LogP contribution < -0.4 is 5.32 Å². The van der Waals surface area contributed by atoms with Gasteiger partial charge in [-0.2, -0.15) is 5.10 Å². The summed E-state index contributed by atoms with van der Waals surface area (Å²) in [5, 5.41) is 16.3. The summed E-state index contributed by atoms with van der Waals surface area (Å²) >= 11 is 0. The van der Waals surface area contributed by atoms with Crippen molar-refractivity contribution >= 4 is 11.9 Å². The molecule has 0 saturated heterocycles. The predicted octanol–water partition coefficient (Wildman–Crippen LogP) is 1.94. The second-order valence-electron chi connectivity index (χ2n) is 5.76. The monoisotopic (exact) mass is 321 g/mol. The first-order valence-electron chi connectivity index (χ1n) is 7.63. The minimum atomic E-state index is -1.01. The fraction of sp³-hybridized carbons (Fsp3) is 0.176. The number of benzene rings is 1. The number of nitrogens with zero attached hydrogens (tertiary/aromatic N) is 4. The van der Waals surface area contributed by atoms with Gasteiger partial charge in [-0.15, -0.1) is 0 Å². The van der Waals surface area contributed by atoms with Gasteiger partial charge in [0.25, 0.3) is 0 Å². The Balaban J connectivity index is 1.46. The number of carbonyl (C=O) groups is 1. The smallest absolute Gasteiger partial charge is 0.338 e. The van der Waals surface area contributed by atoms with Crippen LogP contribution in [0.15, 0.2) is 49.1 Å². The molecule has 0 saturated carbocycles. The largest absolute Gasteiger partial charge is 0.478 e. The maximum Gasteiger partial charge on any atom is 0.338 e. The lowest BCUT2D eigenvalue weighted by Crippen LogP contribution is -2.21. The summed E-state index contributed by atoms with van der Waals surface area (Å²) in [7, 11) is 0. The van der Waals surface area contributed by atoms with E-state index in [2.05, 4.69) is 44.6 Å². The summed E-state index contributed by atoms with van der Waals surface area (Å²) < 4.78 is 1.44. The molecule has 7 heteroatoms. The molecule has 2 aromatic heterocycles. The van der Waals surface area contributed by atoms with Crippen molar-refractivity contribution < 1.29 is 9.90 Å². The van der Waals surface area contributed by atoms with Crippen LogP contribution in [0, 0.1) is 0 Å². The number of hydrogen-bond acceptors (Lipinski definition) is 5. The average molecular weight is 321 g/mol. The van der Waals surface area contributed by atoms with Crippen molar-refractivity contribution in [1.82, 2.24) is 19.7 Å². The maximum atomic E-state index is 10.9. The molecular weight excluding hydrogens is 306 g/mol. The molecule has 24 heavy (non-hydrogen) atoms. The van der Waals surface area contributed by atoms with E-state index in [-0.39, 0.29) is 11.6 Å².